The summed E-state index contributed by atoms with van der Waals surface area (Å²) in [5.74, 6) is 1.07. The first kappa shape index (κ1) is 12.3. The molecule has 1 aromatic carbocycles. The molecule has 0 aliphatic rings. The van der Waals surface area contributed by atoms with Gasteiger partial charge >= 0.3 is 0 Å². The molecule has 0 bridgehead atoms. The Morgan fingerprint density at radius 2 is 2.14 bits per heavy atom. The number of halogens is 2. The van der Waals surface area contributed by atoms with Crippen LogP contribution in [0.5, 0.6) is 0 Å². The monoisotopic (exact) mass is 336 g/mol. The van der Waals surface area contributed by atoms with E-state index in [1.165, 1.54) is 0 Å². The van der Waals surface area contributed by atoms with Crippen LogP contribution in [0, 0.1) is 0 Å². The van der Waals surface area contributed by atoms with Gasteiger partial charge in [-0.15, -0.1) is 0 Å². The molecule has 0 spiro atoms. The van der Waals surface area contributed by atoms with Crippen LogP contribution in [0.1, 0.15) is 16.8 Å². The highest BCUT2D eigenvalue weighted by atomic mass is 79.9. The summed E-state index contributed by atoms with van der Waals surface area (Å²) in [7, 11) is 0. The largest absolute Gasteiger partial charge is 0.294 e. The van der Waals surface area contributed by atoms with E-state index in [2.05, 4.69) is 31.9 Å². The average molecular weight is 338 g/mol. The number of benzene rings is 1. The smallest absolute Gasteiger partial charge is 0.164 e. The highest BCUT2D eigenvalue weighted by Gasteiger charge is 2.09. The summed E-state index contributed by atoms with van der Waals surface area (Å²) >= 11 is 8.42. The van der Waals surface area contributed by atoms with E-state index in [4.69, 9.17) is 0 Å². The highest BCUT2D eigenvalue weighted by Crippen LogP contribution is 2.23. The van der Waals surface area contributed by atoms with Crippen LogP contribution in [0.25, 0.3) is 0 Å². The summed E-state index contributed by atoms with van der Waals surface area (Å²) in [5.41, 5.74) is 0.766. The van der Waals surface area contributed by atoms with Gasteiger partial charge in [0.15, 0.2) is 5.78 Å². The molecule has 4 heteroatoms. The molecule has 0 amide bonds. The molecule has 0 N–H and O–H groups in total. The van der Waals surface area contributed by atoms with Gasteiger partial charge in [-0.05, 0) is 24.5 Å². The minimum Gasteiger partial charge on any atom is -0.294 e. The lowest BCUT2D eigenvalue weighted by atomic mass is 10.1. The van der Waals surface area contributed by atoms with Crippen LogP contribution in [0.4, 0.5) is 0 Å². The van der Waals surface area contributed by atoms with Crippen molar-refractivity contribution in [1.82, 2.24) is 0 Å². The fraction of sp³-hybridized carbons (Fsp3) is 0.300. The highest BCUT2D eigenvalue weighted by molar-refractivity contribution is 9.11. The van der Waals surface area contributed by atoms with Gasteiger partial charge in [-0.3, -0.25) is 4.79 Å². The zero-order valence-corrected chi connectivity index (χ0v) is 11.7. The molecule has 76 valence electrons. The Morgan fingerprint density at radius 1 is 1.43 bits per heavy atom. The molecule has 1 rings (SSSR count). The Bertz CT molecular complexity index is 339. The van der Waals surface area contributed by atoms with Crippen LogP contribution in [-0.4, -0.2) is 17.8 Å². The van der Waals surface area contributed by atoms with Gasteiger partial charge < -0.3 is 0 Å². The number of carbonyl (C=O) groups is 1. The second-order valence-electron chi connectivity index (χ2n) is 2.79. The molecule has 0 saturated heterocycles. The molecular weight excluding hydrogens is 328 g/mol. The van der Waals surface area contributed by atoms with Crippen molar-refractivity contribution in [2.24, 2.45) is 0 Å². The van der Waals surface area contributed by atoms with E-state index in [1.54, 1.807) is 11.8 Å². The molecule has 0 aromatic heterocycles. The fourth-order valence-electron chi connectivity index (χ4n) is 1.05. The zero-order chi connectivity index (χ0) is 10.6. The topological polar surface area (TPSA) is 17.1 Å². The van der Waals surface area contributed by atoms with Gasteiger partial charge in [0.1, 0.15) is 0 Å². The molecule has 0 atom stereocenters. The third-order valence-electron chi connectivity index (χ3n) is 1.76. The van der Waals surface area contributed by atoms with Crippen LogP contribution < -0.4 is 0 Å². The molecule has 0 aliphatic carbocycles. The molecule has 0 fully saturated rings. The third-order valence-corrected chi connectivity index (χ3v) is 3.53. The minimum absolute atomic E-state index is 0.193. The quantitative estimate of drug-likeness (QED) is 0.768. The summed E-state index contributed by atoms with van der Waals surface area (Å²) in [6.07, 6.45) is 2.60. The Labute approximate surface area is 105 Å². The second-order valence-corrected chi connectivity index (χ2v) is 5.55. The number of rotatable bonds is 4. The lowest BCUT2D eigenvalue weighted by Crippen LogP contribution is -2.01. The summed E-state index contributed by atoms with van der Waals surface area (Å²) in [6, 6.07) is 5.63. The van der Waals surface area contributed by atoms with E-state index >= 15 is 0 Å². The summed E-state index contributed by atoms with van der Waals surface area (Å²) in [6.45, 7) is 0. The number of ketones is 1. The summed E-state index contributed by atoms with van der Waals surface area (Å²) in [4.78, 5) is 11.7. The van der Waals surface area contributed by atoms with Crippen LogP contribution in [0.3, 0.4) is 0 Å². The number of carbonyl (C=O) groups excluding carboxylic acids is 1. The minimum atomic E-state index is 0.193. The molecule has 0 heterocycles. The molecule has 14 heavy (non-hydrogen) atoms. The maximum Gasteiger partial charge on any atom is 0.164 e. The zero-order valence-electron chi connectivity index (χ0n) is 7.72. The van der Waals surface area contributed by atoms with Crippen molar-refractivity contribution in [2.75, 3.05) is 12.0 Å². The van der Waals surface area contributed by atoms with Crippen molar-refractivity contribution in [3.05, 3.63) is 32.7 Å². The van der Waals surface area contributed by atoms with Crippen molar-refractivity contribution in [3.8, 4) is 0 Å². The summed E-state index contributed by atoms with van der Waals surface area (Å²) < 4.78 is 1.84. The van der Waals surface area contributed by atoms with Crippen molar-refractivity contribution in [2.45, 2.75) is 6.42 Å². The summed E-state index contributed by atoms with van der Waals surface area (Å²) in [5, 5.41) is 0. The van der Waals surface area contributed by atoms with Crippen molar-refractivity contribution < 1.29 is 4.79 Å². The molecule has 0 saturated carbocycles. The first-order chi connectivity index (χ1) is 6.65. The normalized spacial score (nSPS) is 10.2. The average Bonchev–Trinajstić information content (AvgIpc) is 2.14. The number of hydrogen-bond donors (Lipinski definition) is 0. The van der Waals surface area contributed by atoms with Crippen molar-refractivity contribution in [1.29, 1.82) is 0 Å². The van der Waals surface area contributed by atoms with E-state index < -0.39 is 0 Å². The number of thioether (sulfide) groups is 1. The Balaban J connectivity index is 2.80. The van der Waals surface area contributed by atoms with Gasteiger partial charge in [-0.25, -0.2) is 0 Å². The van der Waals surface area contributed by atoms with Crippen molar-refractivity contribution >= 4 is 49.4 Å². The maximum atomic E-state index is 11.7. The number of hydrogen-bond acceptors (Lipinski definition) is 2. The molecule has 0 radical (unpaired) electrons. The SMILES string of the molecule is CSCCC(=O)c1ccc(Br)cc1Br. The molecule has 0 unspecified atom stereocenters. The molecule has 1 aromatic rings. The molecular formula is C10H10Br2OS. The van der Waals surface area contributed by atoms with Crippen LogP contribution >= 0.6 is 43.6 Å². The standard InChI is InChI=1S/C10H10Br2OS/c1-14-5-4-10(13)8-3-2-7(11)6-9(8)12/h2-3,6H,4-5H2,1H3. The third kappa shape index (κ3) is 3.41. The van der Waals surface area contributed by atoms with E-state index in [0.717, 1.165) is 20.3 Å². The van der Waals surface area contributed by atoms with Gasteiger partial charge in [0.05, 0.1) is 0 Å². The Hall–Kier alpha value is 0.200. The second kappa shape index (κ2) is 5.93. The lowest BCUT2D eigenvalue weighted by Gasteiger charge is -2.03. The van der Waals surface area contributed by atoms with Crippen LogP contribution in [0.2, 0.25) is 0 Å². The maximum absolute atomic E-state index is 11.7. The molecule has 1 nitrogen and oxygen atoms in total. The predicted molar refractivity (Wildman–Crippen MR) is 69.2 cm³/mol. The van der Waals surface area contributed by atoms with Gasteiger partial charge in [-0.2, -0.15) is 11.8 Å². The molecule has 0 aliphatic heterocycles. The van der Waals surface area contributed by atoms with Gasteiger partial charge in [0.25, 0.3) is 0 Å². The fourth-order valence-corrected chi connectivity index (χ4v) is 2.70. The Kier molecular flexibility index (Phi) is 5.20. The van der Waals surface area contributed by atoms with E-state index in [1.807, 2.05) is 24.5 Å². The van der Waals surface area contributed by atoms with Crippen LogP contribution in [0.15, 0.2) is 27.1 Å². The van der Waals surface area contributed by atoms with Gasteiger partial charge in [0, 0.05) is 26.7 Å². The van der Waals surface area contributed by atoms with E-state index in [0.29, 0.717) is 6.42 Å². The first-order valence-corrected chi connectivity index (χ1v) is 7.10. The van der Waals surface area contributed by atoms with E-state index in [-0.39, 0.29) is 5.78 Å². The predicted octanol–water partition coefficient (Wildman–Crippen LogP) is 4.15. The van der Waals surface area contributed by atoms with Gasteiger partial charge in [-0.1, -0.05) is 31.9 Å². The van der Waals surface area contributed by atoms with E-state index in [9.17, 15) is 4.79 Å². The Morgan fingerprint density at radius 3 is 2.71 bits per heavy atom. The first-order valence-electron chi connectivity index (χ1n) is 4.12. The lowest BCUT2D eigenvalue weighted by molar-refractivity contribution is 0.0989. The van der Waals surface area contributed by atoms with Gasteiger partial charge in [0.2, 0.25) is 0 Å². The number of Topliss-reactive ketones (excluding diaryl/α,β-unsaturated/α-hetero) is 1. The van der Waals surface area contributed by atoms with Crippen LogP contribution in [-0.2, 0) is 0 Å². The van der Waals surface area contributed by atoms with Crippen molar-refractivity contribution in [3.63, 3.8) is 0 Å².